The van der Waals surface area contributed by atoms with Crippen LogP contribution in [0.1, 0.15) is 26.3 Å². The molecule has 1 unspecified atom stereocenters. The van der Waals surface area contributed by atoms with Crippen LogP contribution >= 0.6 is 0 Å². The van der Waals surface area contributed by atoms with Crippen molar-refractivity contribution in [2.75, 3.05) is 6.54 Å². The minimum Gasteiger partial charge on any atom is -0.489 e. The molecule has 1 atom stereocenters. The van der Waals surface area contributed by atoms with Gasteiger partial charge in [-0.1, -0.05) is 24.3 Å². The molecule has 0 heterocycles. The van der Waals surface area contributed by atoms with Crippen molar-refractivity contribution in [1.29, 1.82) is 5.26 Å². The summed E-state index contributed by atoms with van der Waals surface area (Å²) in [5, 5.41) is 8.37. The molecule has 132 valence electrons. The van der Waals surface area contributed by atoms with Crippen molar-refractivity contribution in [2.24, 2.45) is 0 Å². The lowest BCUT2D eigenvalue weighted by Gasteiger charge is -2.17. The van der Waals surface area contributed by atoms with Gasteiger partial charge in [-0.15, -0.1) is 0 Å². The highest BCUT2D eigenvalue weighted by Crippen LogP contribution is 2.23. The van der Waals surface area contributed by atoms with Crippen LogP contribution in [0.15, 0.2) is 48.5 Å². The molecule has 0 saturated heterocycles. The maximum Gasteiger partial charge on any atom is 0.214 e. The number of nitriles is 1. The quantitative estimate of drug-likeness (QED) is 0.823. The summed E-state index contributed by atoms with van der Waals surface area (Å²) in [5.74, 6) is 0.675. The standard InChI is InChI=1S/C19H22N2O3S/c1-14(2)25(22,23)21-13-15(3)24-19-10-8-18(9-11-19)17-6-4-16(12-20)5-7-17/h4-11,14-15,21H,13H2,1-3H3. The first kappa shape index (κ1) is 19.0. The number of ether oxygens (including phenoxy) is 1. The van der Waals surface area contributed by atoms with Crippen LogP contribution in [0.2, 0.25) is 0 Å². The summed E-state index contributed by atoms with van der Waals surface area (Å²) in [5.41, 5.74) is 2.66. The largest absolute Gasteiger partial charge is 0.489 e. The van der Waals surface area contributed by atoms with Crippen molar-refractivity contribution in [3.63, 3.8) is 0 Å². The fourth-order valence-corrected chi connectivity index (χ4v) is 2.94. The van der Waals surface area contributed by atoms with Crippen LogP contribution in [0, 0.1) is 11.3 Å². The molecular weight excluding hydrogens is 336 g/mol. The Morgan fingerprint density at radius 2 is 1.52 bits per heavy atom. The van der Waals surface area contributed by atoms with Gasteiger partial charge in [-0.25, -0.2) is 13.1 Å². The molecule has 5 nitrogen and oxygen atoms in total. The van der Waals surface area contributed by atoms with E-state index < -0.39 is 15.3 Å². The molecule has 0 saturated carbocycles. The first-order valence-corrected chi connectivity index (χ1v) is 9.62. The summed E-state index contributed by atoms with van der Waals surface area (Å²) in [6.45, 7) is 5.31. The van der Waals surface area contributed by atoms with Crippen LogP contribution in [0.25, 0.3) is 11.1 Å². The molecular formula is C19H22N2O3S. The lowest BCUT2D eigenvalue weighted by atomic mass is 10.0. The Labute approximate surface area is 149 Å². The van der Waals surface area contributed by atoms with Crippen molar-refractivity contribution in [3.05, 3.63) is 54.1 Å². The molecule has 0 spiro atoms. The summed E-state index contributed by atoms with van der Waals surface area (Å²) in [6.07, 6.45) is -0.283. The molecule has 2 aromatic rings. The third kappa shape index (κ3) is 5.31. The predicted octanol–water partition coefficient (Wildman–Crippen LogP) is 3.32. The summed E-state index contributed by atoms with van der Waals surface area (Å²) in [6, 6.07) is 17.0. The molecule has 0 aromatic heterocycles. The van der Waals surface area contributed by atoms with Crippen LogP contribution < -0.4 is 9.46 Å². The van der Waals surface area contributed by atoms with E-state index in [9.17, 15) is 8.42 Å². The van der Waals surface area contributed by atoms with Gasteiger partial charge in [0, 0.05) is 6.54 Å². The smallest absolute Gasteiger partial charge is 0.214 e. The minimum absolute atomic E-state index is 0.220. The highest BCUT2D eigenvalue weighted by atomic mass is 32.2. The third-order valence-corrected chi connectivity index (χ3v) is 5.54. The van der Waals surface area contributed by atoms with Crippen LogP contribution in [0.5, 0.6) is 5.75 Å². The Morgan fingerprint density at radius 3 is 2.00 bits per heavy atom. The monoisotopic (exact) mass is 358 g/mol. The second-order valence-corrected chi connectivity index (χ2v) is 8.41. The summed E-state index contributed by atoms with van der Waals surface area (Å²) in [7, 11) is -3.29. The third-order valence-electron chi connectivity index (χ3n) is 3.73. The van der Waals surface area contributed by atoms with E-state index in [1.165, 1.54) is 0 Å². The molecule has 6 heteroatoms. The van der Waals surface area contributed by atoms with Gasteiger partial charge in [0.15, 0.2) is 0 Å². The Hall–Kier alpha value is -2.36. The van der Waals surface area contributed by atoms with Crippen LogP contribution in [0.3, 0.4) is 0 Å². The number of sulfonamides is 1. The average molecular weight is 358 g/mol. The molecule has 0 amide bonds. The summed E-state index contributed by atoms with van der Waals surface area (Å²) >= 11 is 0. The Kier molecular flexibility index (Phi) is 6.18. The number of nitrogens with one attached hydrogen (secondary N) is 1. The Morgan fingerprint density at radius 1 is 1.00 bits per heavy atom. The Balaban J connectivity index is 1.96. The molecule has 0 radical (unpaired) electrons. The summed E-state index contributed by atoms with van der Waals surface area (Å²) < 4.78 is 31.8. The fourth-order valence-electron chi connectivity index (χ4n) is 2.14. The second-order valence-electron chi connectivity index (χ2n) is 6.08. The highest BCUT2D eigenvalue weighted by molar-refractivity contribution is 7.90. The average Bonchev–Trinajstić information content (AvgIpc) is 2.61. The van der Waals surface area contributed by atoms with Crippen LogP contribution in [0.4, 0.5) is 0 Å². The zero-order valence-corrected chi connectivity index (χ0v) is 15.4. The number of benzene rings is 2. The topological polar surface area (TPSA) is 79.2 Å². The molecule has 0 aliphatic rings. The van der Waals surface area contributed by atoms with Gasteiger partial charge < -0.3 is 4.74 Å². The lowest BCUT2D eigenvalue weighted by Crippen LogP contribution is -2.37. The zero-order chi connectivity index (χ0) is 18.4. The van der Waals surface area contributed by atoms with Gasteiger partial charge in [-0.05, 0) is 56.2 Å². The van der Waals surface area contributed by atoms with Gasteiger partial charge in [-0.2, -0.15) is 5.26 Å². The summed E-state index contributed by atoms with van der Waals surface area (Å²) in [4.78, 5) is 0. The molecule has 0 fully saturated rings. The van der Waals surface area contributed by atoms with Crippen LogP contribution in [-0.2, 0) is 10.0 Å². The molecule has 0 aliphatic carbocycles. The van der Waals surface area contributed by atoms with E-state index in [-0.39, 0.29) is 12.6 Å². The molecule has 2 aromatic carbocycles. The first-order valence-electron chi connectivity index (χ1n) is 8.07. The van der Waals surface area contributed by atoms with Crippen molar-refractivity contribution in [1.82, 2.24) is 4.72 Å². The number of rotatable bonds is 7. The van der Waals surface area contributed by atoms with Crippen LogP contribution in [-0.4, -0.2) is 26.3 Å². The molecule has 0 aliphatic heterocycles. The van der Waals surface area contributed by atoms with E-state index >= 15 is 0 Å². The fraction of sp³-hybridized carbons (Fsp3) is 0.316. The number of hydrogen-bond donors (Lipinski definition) is 1. The van der Waals surface area contributed by atoms with Gasteiger partial charge in [0.05, 0.1) is 16.9 Å². The maximum absolute atomic E-state index is 11.7. The van der Waals surface area contributed by atoms with E-state index in [1.54, 1.807) is 26.0 Å². The van der Waals surface area contributed by atoms with Crippen molar-refractivity contribution < 1.29 is 13.2 Å². The van der Waals surface area contributed by atoms with Gasteiger partial charge >= 0.3 is 0 Å². The van der Waals surface area contributed by atoms with Gasteiger partial charge in [0.2, 0.25) is 10.0 Å². The molecule has 2 rings (SSSR count). The maximum atomic E-state index is 11.7. The highest BCUT2D eigenvalue weighted by Gasteiger charge is 2.16. The van der Waals surface area contributed by atoms with Crippen molar-refractivity contribution >= 4 is 10.0 Å². The van der Waals surface area contributed by atoms with E-state index in [0.29, 0.717) is 11.3 Å². The molecule has 25 heavy (non-hydrogen) atoms. The lowest BCUT2D eigenvalue weighted by molar-refractivity contribution is 0.225. The van der Waals surface area contributed by atoms with E-state index in [4.69, 9.17) is 10.00 Å². The minimum atomic E-state index is -3.29. The normalized spacial score (nSPS) is 12.6. The van der Waals surface area contributed by atoms with E-state index in [2.05, 4.69) is 10.8 Å². The first-order chi connectivity index (χ1) is 11.8. The van der Waals surface area contributed by atoms with Crippen molar-refractivity contribution in [2.45, 2.75) is 32.1 Å². The number of hydrogen-bond acceptors (Lipinski definition) is 4. The van der Waals surface area contributed by atoms with E-state index in [1.807, 2.05) is 43.3 Å². The van der Waals surface area contributed by atoms with Gasteiger partial charge in [-0.3, -0.25) is 0 Å². The van der Waals surface area contributed by atoms with Gasteiger partial charge in [0.25, 0.3) is 0 Å². The zero-order valence-electron chi connectivity index (χ0n) is 14.6. The number of nitrogens with zero attached hydrogens (tertiary/aromatic N) is 1. The van der Waals surface area contributed by atoms with Crippen molar-refractivity contribution in [3.8, 4) is 22.9 Å². The molecule has 1 N–H and O–H groups in total. The molecule has 0 bridgehead atoms. The SMILES string of the molecule is CC(CNS(=O)(=O)C(C)C)Oc1ccc(-c2ccc(C#N)cc2)cc1. The van der Waals surface area contributed by atoms with Gasteiger partial charge in [0.1, 0.15) is 11.9 Å². The van der Waals surface area contributed by atoms with E-state index in [0.717, 1.165) is 11.1 Å². The second kappa shape index (κ2) is 8.15. The predicted molar refractivity (Wildman–Crippen MR) is 98.7 cm³/mol. The Bertz CT molecular complexity index is 836.